The number of hydrogen-bond donors (Lipinski definition) is 0. The molecule has 13 aromatic rings. The Labute approximate surface area is 405 Å². The Morgan fingerprint density at radius 2 is 0.529 bits per heavy atom. The lowest BCUT2D eigenvalue weighted by Crippen LogP contribution is -2.26. The van der Waals surface area contributed by atoms with E-state index in [9.17, 15) is 0 Å². The molecule has 320 valence electrons. The van der Waals surface area contributed by atoms with Crippen LogP contribution < -0.4 is 0 Å². The lowest BCUT2D eigenvalue weighted by atomic mass is 9.69. The minimum absolute atomic E-state index is 0.497. The van der Waals surface area contributed by atoms with Crippen LogP contribution in [0.2, 0.25) is 0 Å². The second-order valence-electron chi connectivity index (χ2n) is 20.1. The normalized spacial score (nSPS) is 17.3. The molecule has 13 aromatic carbocycles. The molecule has 0 heteroatoms. The minimum Gasteiger partial charge on any atom is -0.0622 e. The van der Waals surface area contributed by atoms with E-state index in [-0.39, 0.29) is 0 Å². The van der Waals surface area contributed by atoms with Gasteiger partial charge in [0, 0.05) is 0 Å². The molecular weight excluding hydrogens is 841 g/mol. The fraction of sp³-hybridized carbons (Fsp3) is 0.0286. The molecule has 0 N–H and O–H groups in total. The molecule has 4 aliphatic rings. The molecule has 70 heavy (non-hydrogen) atoms. The topological polar surface area (TPSA) is 0 Å². The van der Waals surface area contributed by atoms with Gasteiger partial charge in [0.05, 0.1) is 10.8 Å². The van der Waals surface area contributed by atoms with Crippen molar-refractivity contribution >= 4 is 43.1 Å². The van der Waals surface area contributed by atoms with E-state index in [0.717, 1.165) is 0 Å². The minimum atomic E-state index is -0.497. The summed E-state index contributed by atoms with van der Waals surface area (Å²) in [6, 6.07) is 93.0. The Morgan fingerprint density at radius 1 is 0.186 bits per heavy atom. The average molecular weight is 881 g/mol. The van der Waals surface area contributed by atoms with Crippen LogP contribution in [0.25, 0.3) is 110 Å². The van der Waals surface area contributed by atoms with E-state index in [1.807, 2.05) is 0 Å². The van der Waals surface area contributed by atoms with Gasteiger partial charge in [0.25, 0.3) is 0 Å². The van der Waals surface area contributed by atoms with E-state index in [4.69, 9.17) is 0 Å². The van der Waals surface area contributed by atoms with Crippen molar-refractivity contribution < 1.29 is 0 Å². The van der Waals surface area contributed by atoms with Crippen LogP contribution in [0.4, 0.5) is 0 Å². The number of benzene rings is 13. The zero-order chi connectivity index (χ0) is 45.5. The van der Waals surface area contributed by atoms with Crippen molar-refractivity contribution in [2.24, 2.45) is 0 Å². The summed E-state index contributed by atoms with van der Waals surface area (Å²) in [5, 5.41) is 10.6. The molecule has 0 amide bonds. The second kappa shape index (κ2) is 13.0. The highest BCUT2D eigenvalue weighted by atomic mass is 14.6. The number of rotatable bonds is 2. The molecule has 2 unspecified atom stereocenters. The van der Waals surface area contributed by atoms with Crippen molar-refractivity contribution in [3.8, 4) is 66.8 Å². The Morgan fingerprint density at radius 3 is 0.957 bits per heavy atom. The maximum atomic E-state index is 2.64. The monoisotopic (exact) mass is 880 g/mol. The lowest BCUT2D eigenvalue weighted by Gasteiger charge is -2.32. The van der Waals surface area contributed by atoms with Gasteiger partial charge in [-0.2, -0.15) is 0 Å². The molecule has 0 fully saturated rings. The van der Waals surface area contributed by atoms with Crippen LogP contribution in [0.1, 0.15) is 44.5 Å². The Kier molecular flexibility index (Phi) is 6.92. The van der Waals surface area contributed by atoms with Crippen molar-refractivity contribution in [2.75, 3.05) is 0 Å². The molecule has 0 radical (unpaired) electrons. The Hall–Kier alpha value is -8.84. The van der Waals surface area contributed by atoms with E-state index in [2.05, 4.69) is 243 Å². The predicted molar refractivity (Wildman–Crippen MR) is 291 cm³/mol. The summed E-state index contributed by atoms with van der Waals surface area (Å²) in [6.45, 7) is 0. The van der Waals surface area contributed by atoms with Crippen LogP contribution in [-0.4, -0.2) is 0 Å². The number of hydrogen-bond acceptors (Lipinski definition) is 0. The molecule has 0 saturated heterocycles. The van der Waals surface area contributed by atoms with E-state index < -0.39 is 10.8 Å². The molecule has 0 bridgehead atoms. The summed E-state index contributed by atoms with van der Waals surface area (Å²) in [6.07, 6.45) is 0. The third-order valence-electron chi connectivity index (χ3n) is 17.2. The largest absolute Gasteiger partial charge is 0.0726 e. The van der Waals surface area contributed by atoms with Crippen LogP contribution in [0.3, 0.4) is 0 Å². The average Bonchev–Trinajstić information content (AvgIpc) is 4.11. The van der Waals surface area contributed by atoms with Crippen LogP contribution in [0, 0.1) is 0 Å². The van der Waals surface area contributed by atoms with E-state index in [1.165, 1.54) is 154 Å². The van der Waals surface area contributed by atoms with Gasteiger partial charge >= 0.3 is 0 Å². The SMILES string of the molecule is c1ccc(-c2ccc3c(c2)C2(c4ccccc4-3)c3ccccc3-c3c2cc2c4cccc5c6c(cc(c7cccc3c72)c54)C2(c3ccccc3-c3ccc(-c4ccccc4)cc32)c2ccccc2-6)cc1. The first-order valence-corrected chi connectivity index (χ1v) is 24.7. The van der Waals surface area contributed by atoms with Gasteiger partial charge in [0.1, 0.15) is 0 Å². The van der Waals surface area contributed by atoms with Crippen molar-refractivity contribution in [1.29, 1.82) is 0 Å². The van der Waals surface area contributed by atoms with Gasteiger partial charge in [-0.15, -0.1) is 0 Å². The maximum absolute atomic E-state index is 2.64. The van der Waals surface area contributed by atoms with E-state index in [1.54, 1.807) is 0 Å². The van der Waals surface area contributed by atoms with E-state index in [0.29, 0.717) is 0 Å². The second-order valence-corrected chi connectivity index (χ2v) is 20.1. The zero-order valence-electron chi connectivity index (χ0n) is 38.1. The van der Waals surface area contributed by atoms with Gasteiger partial charge in [0.15, 0.2) is 0 Å². The molecule has 0 saturated carbocycles. The fourth-order valence-electron chi connectivity index (χ4n) is 14.7. The van der Waals surface area contributed by atoms with Gasteiger partial charge in [0.2, 0.25) is 0 Å². The molecule has 2 atom stereocenters. The first-order valence-electron chi connectivity index (χ1n) is 24.7. The Balaban J connectivity index is 1.01. The Bertz CT molecular complexity index is 4170. The highest BCUT2D eigenvalue weighted by Gasteiger charge is 2.54. The summed E-state index contributed by atoms with van der Waals surface area (Å²) < 4.78 is 0. The van der Waals surface area contributed by atoms with Crippen molar-refractivity contribution in [3.63, 3.8) is 0 Å². The smallest absolute Gasteiger partial charge is 0.0622 e. The van der Waals surface area contributed by atoms with Gasteiger partial charge in [-0.25, -0.2) is 0 Å². The molecular formula is C70H40. The maximum Gasteiger partial charge on any atom is 0.0726 e. The molecule has 4 aliphatic carbocycles. The first kappa shape index (κ1) is 37.2. The molecule has 2 spiro atoms. The van der Waals surface area contributed by atoms with Gasteiger partial charge < -0.3 is 0 Å². The molecule has 17 rings (SSSR count). The van der Waals surface area contributed by atoms with E-state index >= 15 is 0 Å². The third-order valence-corrected chi connectivity index (χ3v) is 17.2. The van der Waals surface area contributed by atoms with Crippen LogP contribution >= 0.6 is 0 Å². The standard InChI is InChI=1S/C70H40/c1-3-17-41(18-4-1)43-33-35-47-45-21-7-11-29-57(45)69(61(47)37-43)59-31-13-9-23-51(59)67-53-27-15-26-50-56-40-64-68(54-28-16-25-49(66(54)56)55(65(50)53)39-63(67)69)52-24-10-14-32-60(52)70(64)58-30-12-8-22-46(58)48-36-34-44(38-62(48)70)42-19-5-2-6-20-42/h1-40H. The van der Waals surface area contributed by atoms with Crippen LogP contribution in [0.5, 0.6) is 0 Å². The van der Waals surface area contributed by atoms with Gasteiger partial charge in [-0.05, 0) is 179 Å². The van der Waals surface area contributed by atoms with Gasteiger partial charge in [-0.3, -0.25) is 0 Å². The van der Waals surface area contributed by atoms with Crippen molar-refractivity contribution in [2.45, 2.75) is 10.8 Å². The summed E-state index contributed by atoms with van der Waals surface area (Å²) in [4.78, 5) is 0. The van der Waals surface area contributed by atoms with Crippen LogP contribution in [0.15, 0.2) is 243 Å². The van der Waals surface area contributed by atoms with Crippen molar-refractivity contribution in [3.05, 3.63) is 287 Å². The molecule has 0 heterocycles. The van der Waals surface area contributed by atoms with Crippen molar-refractivity contribution in [1.82, 2.24) is 0 Å². The highest BCUT2D eigenvalue weighted by Crippen LogP contribution is 2.67. The fourth-order valence-corrected chi connectivity index (χ4v) is 14.7. The molecule has 0 aliphatic heterocycles. The summed E-state index contributed by atoms with van der Waals surface area (Å²) in [7, 11) is 0. The summed E-state index contributed by atoms with van der Waals surface area (Å²) >= 11 is 0. The van der Waals surface area contributed by atoms with Gasteiger partial charge in [-0.1, -0.05) is 218 Å². The quantitative estimate of drug-likeness (QED) is 0.120. The third kappa shape index (κ3) is 4.24. The molecule has 0 nitrogen and oxygen atoms in total. The van der Waals surface area contributed by atoms with Crippen LogP contribution in [-0.2, 0) is 10.8 Å². The summed E-state index contributed by atoms with van der Waals surface area (Å²) in [5.74, 6) is 0. The lowest BCUT2D eigenvalue weighted by molar-refractivity contribution is 0.795. The highest BCUT2D eigenvalue weighted by molar-refractivity contribution is 6.36. The first-order chi connectivity index (χ1) is 34.7. The summed E-state index contributed by atoms with van der Waals surface area (Å²) in [5.41, 5.74) is 25.6. The zero-order valence-corrected chi connectivity index (χ0v) is 38.1. The predicted octanol–water partition coefficient (Wildman–Crippen LogP) is 17.8. The molecule has 0 aromatic heterocycles. The number of fused-ring (bicyclic) bond motifs is 24.